The van der Waals surface area contributed by atoms with E-state index in [0.717, 1.165) is 0 Å². The molecule has 0 aromatic carbocycles. The quantitative estimate of drug-likeness (QED) is 0.594. The van der Waals surface area contributed by atoms with E-state index in [2.05, 4.69) is 29.8 Å². The molecule has 2 amide bonds. The van der Waals surface area contributed by atoms with Gasteiger partial charge in [0.1, 0.15) is 6.29 Å². The number of hydrogen-bond acceptors (Lipinski definition) is 4. The van der Waals surface area contributed by atoms with Gasteiger partial charge in [-0.3, -0.25) is 9.59 Å². The summed E-state index contributed by atoms with van der Waals surface area (Å²) >= 11 is 0. The van der Waals surface area contributed by atoms with Gasteiger partial charge in [-0.25, -0.2) is 0 Å². The molecule has 0 aliphatic rings. The molecule has 1 unspecified atom stereocenters. The maximum atomic E-state index is 11.1. The monoisotopic (exact) mass is 287 g/mol. The van der Waals surface area contributed by atoms with Crippen LogP contribution in [-0.2, 0) is 14.4 Å². The van der Waals surface area contributed by atoms with Crippen molar-refractivity contribution >= 4 is 18.1 Å². The number of aldehydes is 1. The standard InChI is InChI=1S/C10H18N2O3.C4H11N/c1-7(2)10(15)11-5-4-9(6-13)12-8(3)14;1-4(2)5-3/h6-7,9H,4-5H2,1-3H3,(H,11,15)(H,12,14);4-5H,1-3H3. The van der Waals surface area contributed by atoms with E-state index < -0.39 is 6.04 Å². The number of amides is 2. The molecule has 20 heavy (non-hydrogen) atoms. The minimum Gasteiger partial charge on any atom is -0.356 e. The second-order valence-corrected chi connectivity index (χ2v) is 5.12. The molecule has 0 aliphatic heterocycles. The first kappa shape index (κ1) is 20.9. The fourth-order valence-electron chi connectivity index (χ4n) is 0.990. The van der Waals surface area contributed by atoms with Crippen LogP contribution in [0.3, 0.4) is 0 Å². The molecule has 0 bridgehead atoms. The SMILES string of the molecule is CC(=O)NC(C=O)CCNC(=O)C(C)C.CNC(C)C. The van der Waals surface area contributed by atoms with Gasteiger partial charge in [-0.15, -0.1) is 0 Å². The zero-order chi connectivity index (χ0) is 16.1. The Labute approximate surface area is 122 Å². The summed E-state index contributed by atoms with van der Waals surface area (Å²) in [6, 6.07) is 0.116. The van der Waals surface area contributed by atoms with Crippen LogP contribution < -0.4 is 16.0 Å². The highest BCUT2D eigenvalue weighted by molar-refractivity contribution is 5.78. The molecule has 3 N–H and O–H groups in total. The van der Waals surface area contributed by atoms with Crippen molar-refractivity contribution in [3.8, 4) is 0 Å². The maximum Gasteiger partial charge on any atom is 0.222 e. The summed E-state index contributed by atoms with van der Waals surface area (Å²) in [6.07, 6.45) is 1.09. The lowest BCUT2D eigenvalue weighted by molar-refractivity contribution is -0.124. The van der Waals surface area contributed by atoms with Crippen LogP contribution in [0.4, 0.5) is 0 Å². The molecular weight excluding hydrogens is 258 g/mol. The van der Waals surface area contributed by atoms with Gasteiger partial charge in [0.2, 0.25) is 11.8 Å². The van der Waals surface area contributed by atoms with Crippen molar-refractivity contribution in [3.05, 3.63) is 0 Å². The Kier molecular flexibility index (Phi) is 13.1. The zero-order valence-corrected chi connectivity index (χ0v) is 13.4. The number of carbonyl (C=O) groups excluding carboxylic acids is 3. The molecule has 1 atom stereocenters. The zero-order valence-electron chi connectivity index (χ0n) is 13.4. The van der Waals surface area contributed by atoms with Gasteiger partial charge < -0.3 is 20.7 Å². The topological polar surface area (TPSA) is 87.3 Å². The molecule has 6 heteroatoms. The third-order valence-corrected chi connectivity index (χ3v) is 2.41. The fraction of sp³-hybridized carbons (Fsp3) is 0.786. The lowest BCUT2D eigenvalue weighted by Gasteiger charge is -2.12. The average molecular weight is 287 g/mol. The Balaban J connectivity index is 0. The summed E-state index contributed by atoms with van der Waals surface area (Å²) < 4.78 is 0. The van der Waals surface area contributed by atoms with Crippen molar-refractivity contribution in [1.29, 1.82) is 0 Å². The number of rotatable bonds is 7. The van der Waals surface area contributed by atoms with E-state index >= 15 is 0 Å². The summed E-state index contributed by atoms with van der Waals surface area (Å²) in [5.41, 5.74) is 0. The Morgan fingerprint density at radius 3 is 1.95 bits per heavy atom. The first-order chi connectivity index (χ1) is 9.24. The lowest BCUT2D eigenvalue weighted by Crippen LogP contribution is -2.38. The first-order valence-corrected chi connectivity index (χ1v) is 6.91. The molecule has 6 nitrogen and oxygen atoms in total. The minimum atomic E-state index is -0.519. The molecular formula is C14H29N3O3. The molecule has 0 saturated heterocycles. The van der Waals surface area contributed by atoms with Crippen LogP contribution in [0.1, 0.15) is 41.0 Å². The predicted octanol–water partition coefficient (Wildman–Crippen LogP) is 0.467. The van der Waals surface area contributed by atoms with Crippen molar-refractivity contribution in [1.82, 2.24) is 16.0 Å². The Bertz CT molecular complexity index is 291. The Morgan fingerprint density at radius 1 is 1.15 bits per heavy atom. The first-order valence-electron chi connectivity index (χ1n) is 6.91. The molecule has 0 fully saturated rings. The molecule has 0 aliphatic carbocycles. The predicted molar refractivity (Wildman–Crippen MR) is 80.3 cm³/mol. The molecule has 0 rings (SSSR count). The van der Waals surface area contributed by atoms with Gasteiger partial charge in [-0.05, 0) is 13.5 Å². The second-order valence-electron chi connectivity index (χ2n) is 5.12. The van der Waals surface area contributed by atoms with E-state index in [4.69, 9.17) is 0 Å². The van der Waals surface area contributed by atoms with Crippen LogP contribution >= 0.6 is 0 Å². The minimum absolute atomic E-state index is 0.0533. The van der Waals surface area contributed by atoms with Crippen LogP contribution in [0.25, 0.3) is 0 Å². The van der Waals surface area contributed by atoms with Crippen molar-refractivity contribution in [2.75, 3.05) is 13.6 Å². The number of nitrogens with one attached hydrogen (secondary N) is 3. The third-order valence-electron chi connectivity index (χ3n) is 2.41. The van der Waals surface area contributed by atoms with E-state index in [0.29, 0.717) is 25.3 Å². The largest absolute Gasteiger partial charge is 0.356 e. The highest BCUT2D eigenvalue weighted by Gasteiger charge is 2.10. The Hall–Kier alpha value is -1.43. The van der Waals surface area contributed by atoms with Crippen molar-refractivity contribution < 1.29 is 14.4 Å². The molecule has 0 aromatic rings. The van der Waals surface area contributed by atoms with Crippen molar-refractivity contribution in [3.63, 3.8) is 0 Å². The van der Waals surface area contributed by atoms with E-state index in [-0.39, 0.29) is 17.7 Å². The van der Waals surface area contributed by atoms with Crippen LogP contribution in [0.15, 0.2) is 0 Å². The average Bonchev–Trinajstić information content (AvgIpc) is 2.37. The smallest absolute Gasteiger partial charge is 0.222 e. The summed E-state index contributed by atoms with van der Waals surface area (Å²) in [4.78, 5) is 32.3. The summed E-state index contributed by atoms with van der Waals surface area (Å²) in [7, 11) is 1.95. The van der Waals surface area contributed by atoms with Gasteiger partial charge in [0.05, 0.1) is 6.04 Å². The van der Waals surface area contributed by atoms with Gasteiger partial charge in [0, 0.05) is 25.4 Å². The highest BCUT2D eigenvalue weighted by atomic mass is 16.2. The van der Waals surface area contributed by atoms with Crippen LogP contribution in [0.5, 0.6) is 0 Å². The Morgan fingerprint density at radius 2 is 1.65 bits per heavy atom. The molecule has 0 heterocycles. The van der Waals surface area contributed by atoms with Crippen LogP contribution in [-0.4, -0.2) is 43.8 Å². The third kappa shape index (κ3) is 14.6. The van der Waals surface area contributed by atoms with Crippen LogP contribution in [0, 0.1) is 5.92 Å². The van der Waals surface area contributed by atoms with E-state index in [1.54, 1.807) is 13.8 Å². The summed E-state index contributed by atoms with van der Waals surface area (Å²) in [5, 5.41) is 8.17. The normalized spacial score (nSPS) is 11.4. The van der Waals surface area contributed by atoms with Gasteiger partial charge >= 0.3 is 0 Å². The van der Waals surface area contributed by atoms with Crippen molar-refractivity contribution in [2.45, 2.75) is 53.1 Å². The van der Waals surface area contributed by atoms with Gasteiger partial charge in [0.15, 0.2) is 0 Å². The summed E-state index contributed by atoms with van der Waals surface area (Å²) in [5.74, 6) is -0.370. The van der Waals surface area contributed by atoms with Gasteiger partial charge in [-0.1, -0.05) is 27.7 Å². The van der Waals surface area contributed by atoms with E-state index in [1.807, 2.05) is 7.05 Å². The molecule has 0 saturated carbocycles. The molecule has 0 spiro atoms. The lowest BCUT2D eigenvalue weighted by atomic mass is 10.2. The number of hydrogen-bond donors (Lipinski definition) is 3. The van der Waals surface area contributed by atoms with Gasteiger partial charge in [-0.2, -0.15) is 0 Å². The summed E-state index contributed by atoms with van der Waals surface area (Å²) in [6.45, 7) is 9.55. The molecule has 0 aromatic heterocycles. The van der Waals surface area contributed by atoms with E-state index in [9.17, 15) is 14.4 Å². The fourth-order valence-corrected chi connectivity index (χ4v) is 0.990. The highest BCUT2D eigenvalue weighted by Crippen LogP contribution is 1.92. The molecule has 0 radical (unpaired) electrons. The second kappa shape index (κ2) is 12.6. The van der Waals surface area contributed by atoms with Crippen LogP contribution in [0.2, 0.25) is 0 Å². The number of carbonyl (C=O) groups is 3. The van der Waals surface area contributed by atoms with E-state index in [1.165, 1.54) is 6.92 Å². The maximum absolute atomic E-state index is 11.1. The molecule has 118 valence electrons. The van der Waals surface area contributed by atoms with Gasteiger partial charge in [0.25, 0.3) is 0 Å². The van der Waals surface area contributed by atoms with Crippen molar-refractivity contribution in [2.24, 2.45) is 5.92 Å².